The number of carbonyl (C=O) groups is 1. The van der Waals surface area contributed by atoms with Crippen LogP contribution in [0.3, 0.4) is 0 Å². The van der Waals surface area contributed by atoms with E-state index in [-0.39, 0.29) is 22.5 Å². The van der Waals surface area contributed by atoms with Crippen LogP contribution in [0.1, 0.15) is 5.69 Å². The molecule has 5 nitrogen and oxygen atoms in total. The highest BCUT2D eigenvalue weighted by molar-refractivity contribution is 7.99. The molecule has 1 heterocycles. The topological polar surface area (TPSA) is 64.1 Å². The Bertz CT molecular complexity index is 981. The highest BCUT2D eigenvalue weighted by Gasteiger charge is 2.34. The molecule has 1 amide bonds. The summed E-state index contributed by atoms with van der Waals surface area (Å²) in [6.45, 7) is 0. The Morgan fingerprint density at radius 1 is 1.07 bits per heavy atom. The molecule has 9 heteroatoms. The quantitative estimate of drug-likeness (QED) is 0.455. The van der Waals surface area contributed by atoms with E-state index in [4.69, 9.17) is 4.74 Å². The molecule has 0 aliphatic heterocycles. The van der Waals surface area contributed by atoms with Gasteiger partial charge in [-0.05, 0) is 42.5 Å². The van der Waals surface area contributed by atoms with Gasteiger partial charge in [0.25, 0.3) is 0 Å². The fraction of sp³-hybridized carbons (Fsp3) is 0.150. The molecule has 0 aliphatic rings. The maximum Gasteiger partial charge on any atom is 0.433 e. The third-order valence-corrected chi connectivity index (χ3v) is 4.62. The first kappa shape index (κ1) is 20.7. The van der Waals surface area contributed by atoms with Gasteiger partial charge >= 0.3 is 6.18 Å². The van der Waals surface area contributed by atoms with Crippen LogP contribution in [0.25, 0.3) is 11.3 Å². The second-order valence-corrected chi connectivity index (χ2v) is 6.79. The molecular formula is C20H16F3N3O2S. The zero-order valence-corrected chi connectivity index (χ0v) is 16.1. The SMILES string of the molecule is COc1ccc(-c2cc(C(F)(F)F)nc(SCC(=O)Nc3ccccc3)n2)cc1. The van der Waals surface area contributed by atoms with E-state index in [1.165, 1.54) is 7.11 Å². The number of methoxy groups -OCH3 is 1. The summed E-state index contributed by atoms with van der Waals surface area (Å²) in [5.74, 6) is 0.0809. The molecule has 0 fully saturated rings. The van der Waals surface area contributed by atoms with Crippen molar-refractivity contribution in [3.63, 3.8) is 0 Å². The first-order valence-corrected chi connectivity index (χ1v) is 9.42. The average molecular weight is 419 g/mol. The van der Waals surface area contributed by atoms with E-state index in [9.17, 15) is 18.0 Å². The first-order valence-electron chi connectivity index (χ1n) is 8.43. The fourth-order valence-corrected chi connectivity index (χ4v) is 3.05. The molecule has 150 valence electrons. The summed E-state index contributed by atoms with van der Waals surface area (Å²) in [4.78, 5) is 19.8. The Kier molecular flexibility index (Phi) is 6.38. The third-order valence-electron chi connectivity index (χ3n) is 3.77. The lowest BCUT2D eigenvalue weighted by Crippen LogP contribution is -2.15. The van der Waals surface area contributed by atoms with Crippen molar-refractivity contribution in [2.75, 3.05) is 18.2 Å². The highest BCUT2D eigenvalue weighted by Crippen LogP contribution is 2.32. The Balaban J connectivity index is 1.80. The van der Waals surface area contributed by atoms with Crippen molar-refractivity contribution in [3.05, 3.63) is 66.4 Å². The van der Waals surface area contributed by atoms with E-state index in [2.05, 4.69) is 15.3 Å². The van der Waals surface area contributed by atoms with Crippen LogP contribution in [0, 0.1) is 0 Å². The van der Waals surface area contributed by atoms with E-state index in [0.29, 0.717) is 17.0 Å². The van der Waals surface area contributed by atoms with Crippen LogP contribution in [0.2, 0.25) is 0 Å². The summed E-state index contributed by atoms with van der Waals surface area (Å²) >= 11 is 0.836. The molecule has 1 aromatic heterocycles. The largest absolute Gasteiger partial charge is 0.497 e. The number of hydrogen-bond acceptors (Lipinski definition) is 5. The molecule has 0 radical (unpaired) electrons. The average Bonchev–Trinajstić information content (AvgIpc) is 2.72. The lowest BCUT2D eigenvalue weighted by Gasteiger charge is -2.11. The van der Waals surface area contributed by atoms with Gasteiger partial charge in [-0.25, -0.2) is 9.97 Å². The van der Waals surface area contributed by atoms with Crippen LogP contribution in [0.15, 0.2) is 65.8 Å². The monoisotopic (exact) mass is 419 g/mol. The van der Waals surface area contributed by atoms with Gasteiger partial charge in [0.2, 0.25) is 5.91 Å². The van der Waals surface area contributed by atoms with Crippen LogP contribution >= 0.6 is 11.8 Å². The van der Waals surface area contributed by atoms with E-state index in [0.717, 1.165) is 17.8 Å². The molecule has 0 atom stereocenters. The summed E-state index contributed by atoms with van der Waals surface area (Å²) in [5, 5.41) is 2.53. The Hall–Kier alpha value is -3.07. The second kappa shape index (κ2) is 8.95. The van der Waals surface area contributed by atoms with Crippen molar-refractivity contribution in [2.45, 2.75) is 11.3 Å². The van der Waals surface area contributed by atoms with Gasteiger partial charge < -0.3 is 10.1 Å². The van der Waals surface area contributed by atoms with Gasteiger partial charge in [0.1, 0.15) is 11.4 Å². The molecule has 3 aromatic rings. The minimum absolute atomic E-state index is 0.112. The number of amides is 1. The molecule has 1 N–H and O–H groups in total. The van der Waals surface area contributed by atoms with Gasteiger partial charge in [-0.1, -0.05) is 30.0 Å². The number of hydrogen-bond donors (Lipinski definition) is 1. The molecule has 29 heavy (non-hydrogen) atoms. The number of nitrogens with zero attached hydrogens (tertiary/aromatic N) is 2. The lowest BCUT2D eigenvalue weighted by atomic mass is 10.1. The summed E-state index contributed by atoms with van der Waals surface area (Å²) in [5.41, 5.74) is 0.126. The van der Waals surface area contributed by atoms with Crippen molar-refractivity contribution < 1.29 is 22.7 Å². The number of halogens is 3. The zero-order valence-electron chi connectivity index (χ0n) is 15.2. The maximum absolute atomic E-state index is 13.3. The Morgan fingerprint density at radius 3 is 2.38 bits per heavy atom. The molecule has 0 spiro atoms. The number of anilines is 1. The molecule has 0 bridgehead atoms. The summed E-state index contributed by atoms with van der Waals surface area (Å²) in [6, 6.07) is 16.1. The number of thioether (sulfide) groups is 1. The Morgan fingerprint density at radius 2 is 1.76 bits per heavy atom. The predicted octanol–water partition coefficient (Wildman–Crippen LogP) is 4.90. The highest BCUT2D eigenvalue weighted by atomic mass is 32.2. The van der Waals surface area contributed by atoms with Crippen LogP contribution in [-0.4, -0.2) is 28.7 Å². The molecule has 2 aromatic carbocycles. The number of nitrogens with one attached hydrogen (secondary N) is 1. The summed E-state index contributed by atoms with van der Waals surface area (Å²) < 4.78 is 44.9. The van der Waals surface area contributed by atoms with Gasteiger partial charge in [-0.3, -0.25) is 4.79 Å². The van der Waals surface area contributed by atoms with Gasteiger partial charge in [-0.15, -0.1) is 0 Å². The molecular weight excluding hydrogens is 403 g/mol. The van der Waals surface area contributed by atoms with Crippen molar-refractivity contribution in [2.24, 2.45) is 0 Å². The molecule has 0 aliphatic carbocycles. The number of aromatic nitrogens is 2. The number of ether oxygens (including phenoxy) is 1. The standard InChI is InChI=1S/C20H16F3N3O2S/c1-28-15-9-7-13(8-10-15)16-11-17(20(21,22)23)26-19(25-16)29-12-18(27)24-14-5-3-2-4-6-14/h2-11H,12H2,1H3,(H,24,27). The second-order valence-electron chi connectivity index (χ2n) is 5.85. The van der Waals surface area contributed by atoms with Crippen molar-refractivity contribution in [1.82, 2.24) is 9.97 Å². The minimum atomic E-state index is -4.63. The van der Waals surface area contributed by atoms with Crippen molar-refractivity contribution >= 4 is 23.4 Å². The molecule has 0 saturated carbocycles. The van der Waals surface area contributed by atoms with Crippen LogP contribution in [0.5, 0.6) is 5.75 Å². The fourth-order valence-electron chi connectivity index (χ4n) is 2.39. The van der Waals surface area contributed by atoms with Gasteiger partial charge in [-0.2, -0.15) is 13.2 Å². The van der Waals surface area contributed by atoms with E-state index >= 15 is 0 Å². The van der Waals surface area contributed by atoms with Crippen molar-refractivity contribution in [1.29, 1.82) is 0 Å². The van der Waals surface area contributed by atoms with Crippen LogP contribution in [-0.2, 0) is 11.0 Å². The molecule has 3 rings (SSSR count). The summed E-state index contributed by atoms with van der Waals surface area (Å²) in [6.07, 6.45) is -4.63. The number of carbonyl (C=O) groups excluding carboxylic acids is 1. The van der Waals surface area contributed by atoms with E-state index in [1.54, 1.807) is 48.5 Å². The Labute approximate surface area is 169 Å². The smallest absolute Gasteiger partial charge is 0.433 e. The zero-order chi connectivity index (χ0) is 20.9. The normalized spacial score (nSPS) is 11.2. The van der Waals surface area contributed by atoms with E-state index in [1.807, 2.05) is 6.07 Å². The molecule has 0 saturated heterocycles. The van der Waals surface area contributed by atoms with Crippen LogP contribution < -0.4 is 10.1 Å². The number of rotatable bonds is 6. The van der Waals surface area contributed by atoms with Crippen LogP contribution in [0.4, 0.5) is 18.9 Å². The van der Waals surface area contributed by atoms with E-state index < -0.39 is 11.9 Å². The van der Waals surface area contributed by atoms with Gasteiger partial charge in [0, 0.05) is 11.3 Å². The van der Waals surface area contributed by atoms with Gasteiger partial charge in [0.05, 0.1) is 18.6 Å². The predicted molar refractivity (Wildman–Crippen MR) is 105 cm³/mol. The lowest BCUT2D eigenvalue weighted by molar-refractivity contribution is -0.141. The molecule has 0 unspecified atom stereocenters. The third kappa shape index (κ3) is 5.71. The first-order chi connectivity index (χ1) is 13.8. The number of alkyl halides is 3. The number of para-hydroxylation sites is 1. The van der Waals surface area contributed by atoms with Crippen molar-refractivity contribution in [3.8, 4) is 17.0 Å². The maximum atomic E-state index is 13.3. The van der Waals surface area contributed by atoms with Gasteiger partial charge in [0.15, 0.2) is 5.16 Å². The minimum Gasteiger partial charge on any atom is -0.497 e. The number of benzene rings is 2. The summed E-state index contributed by atoms with van der Waals surface area (Å²) in [7, 11) is 1.50.